The van der Waals surface area contributed by atoms with Crippen LogP contribution in [0.2, 0.25) is 0 Å². The number of allylic oxidation sites excluding steroid dienone is 4. The Balaban J connectivity index is 3.18. The third kappa shape index (κ3) is 8.97. The fourth-order valence-electron chi connectivity index (χ4n) is 0.786. The van der Waals surface area contributed by atoms with Crippen LogP contribution in [-0.2, 0) is 0 Å². The Labute approximate surface area is 69.0 Å². The Morgan fingerprint density at radius 1 is 1.27 bits per heavy atom. The molecule has 0 unspecified atom stereocenters. The number of hydrogen-bond donors (Lipinski definition) is 0. The quantitative estimate of drug-likeness (QED) is 0.334. The molecule has 11 heavy (non-hydrogen) atoms. The lowest BCUT2D eigenvalue weighted by Gasteiger charge is -1.89. The molecule has 0 spiro atoms. The molecule has 0 aromatic carbocycles. The van der Waals surface area contributed by atoms with Gasteiger partial charge in [-0.2, -0.15) is 5.26 Å². The summed E-state index contributed by atoms with van der Waals surface area (Å²) in [5, 5.41) is 8.14. The summed E-state index contributed by atoms with van der Waals surface area (Å²) in [6.07, 6.45) is 12.2. The minimum absolute atomic E-state index is 1.13. The van der Waals surface area contributed by atoms with Crippen molar-refractivity contribution in [1.29, 1.82) is 5.26 Å². The number of nitrogens with zero attached hydrogens (tertiary/aromatic N) is 1. The molecule has 0 rings (SSSR count). The van der Waals surface area contributed by atoms with Crippen molar-refractivity contribution >= 4 is 0 Å². The van der Waals surface area contributed by atoms with Crippen molar-refractivity contribution in [2.75, 3.05) is 0 Å². The van der Waals surface area contributed by atoms with Crippen molar-refractivity contribution in [2.24, 2.45) is 0 Å². The fourth-order valence-corrected chi connectivity index (χ4v) is 0.786. The van der Waals surface area contributed by atoms with Crippen molar-refractivity contribution in [3.8, 4) is 6.07 Å². The summed E-state index contributed by atoms with van der Waals surface area (Å²) in [5.41, 5.74) is 0. The molecule has 0 aliphatic heterocycles. The van der Waals surface area contributed by atoms with Gasteiger partial charge in [0.15, 0.2) is 0 Å². The second kappa shape index (κ2) is 8.97. The lowest BCUT2D eigenvalue weighted by Crippen LogP contribution is -1.69. The van der Waals surface area contributed by atoms with Gasteiger partial charge in [-0.1, -0.05) is 38.0 Å². The van der Waals surface area contributed by atoms with Gasteiger partial charge in [-0.15, -0.1) is 0 Å². The maximum Gasteiger partial charge on any atom is 0.0912 e. The van der Waals surface area contributed by atoms with Gasteiger partial charge in [-0.05, 0) is 12.8 Å². The first-order valence-electron chi connectivity index (χ1n) is 4.13. The molecule has 0 atom stereocenters. The summed E-state index contributed by atoms with van der Waals surface area (Å²) in [5.74, 6) is 0. The Bertz CT molecular complexity index is 160. The minimum atomic E-state index is 1.13. The van der Waals surface area contributed by atoms with Crippen molar-refractivity contribution in [1.82, 2.24) is 0 Å². The second-order valence-electron chi connectivity index (χ2n) is 2.41. The predicted octanol–water partition coefficient (Wildman–Crippen LogP) is 3.20. The molecule has 0 amide bonds. The predicted molar refractivity (Wildman–Crippen MR) is 48.0 cm³/mol. The van der Waals surface area contributed by atoms with Gasteiger partial charge in [0.05, 0.1) is 6.07 Å². The molecule has 0 aromatic rings. The Morgan fingerprint density at radius 3 is 2.73 bits per heavy atom. The molecule has 0 saturated carbocycles. The maximum absolute atomic E-state index is 8.14. The average Bonchev–Trinajstić information content (AvgIpc) is 2.03. The summed E-state index contributed by atoms with van der Waals surface area (Å²) >= 11 is 0. The Hall–Kier alpha value is -1.03. The van der Waals surface area contributed by atoms with E-state index in [4.69, 9.17) is 5.26 Å². The van der Waals surface area contributed by atoms with Crippen LogP contribution in [0.1, 0.15) is 32.6 Å². The van der Waals surface area contributed by atoms with Crippen molar-refractivity contribution in [3.05, 3.63) is 24.3 Å². The van der Waals surface area contributed by atoms with Crippen LogP contribution in [0.25, 0.3) is 0 Å². The van der Waals surface area contributed by atoms with Crippen LogP contribution >= 0.6 is 0 Å². The van der Waals surface area contributed by atoms with Crippen LogP contribution in [0.5, 0.6) is 0 Å². The van der Waals surface area contributed by atoms with Crippen molar-refractivity contribution in [2.45, 2.75) is 32.6 Å². The van der Waals surface area contributed by atoms with Crippen LogP contribution in [0.15, 0.2) is 24.3 Å². The molecule has 1 nitrogen and oxygen atoms in total. The molecule has 0 saturated heterocycles. The van der Waals surface area contributed by atoms with Gasteiger partial charge >= 0.3 is 0 Å². The maximum atomic E-state index is 8.14. The third-order valence-corrected chi connectivity index (χ3v) is 1.39. The van der Waals surface area contributed by atoms with Crippen LogP contribution in [0, 0.1) is 11.3 Å². The number of nitriles is 1. The molecule has 0 aromatic heterocycles. The number of hydrogen-bond acceptors (Lipinski definition) is 1. The smallest absolute Gasteiger partial charge is 0.0912 e. The molecule has 1 heteroatoms. The molecule has 0 N–H and O–H groups in total. The fraction of sp³-hybridized carbons (Fsp3) is 0.500. The summed E-state index contributed by atoms with van der Waals surface area (Å²) in [6.45, 7) is 2.19. The van der Waals surface area contributed by atoms with Gasteiger partial charge in [-0.25, -0.2) is 0 Å². The van der Waals surface area contributed by atoms with E-state index in [1.807, 2.05) is 12.1 Å². The zero-order valence-corrected chi connectivity index (χ0v) is 7.09. The highest BCUT2D eigenvalue weighted by Gasteiger charge is 1.79. The largest absolute Gasteiger partial charge is 0.193 e. The summed E-state index contributed by atoms with van der Waals surface area (Å²) in [6, 6.07) is 1.94. The van der Waals surface area contributed by atoms with Gasteiger partial charge in [-0.3, -0.25) is 0 Å². The zero-order valence-electron chi connectivity index (χ0n) is 7.09. The van der Waals surface area contributed by atoms with Gasteiger partial charge in [0.2, 0.25) is 0 Å². The van der Waals surface area contributed by atoms with Crippen LogP contribution in [0.3, 0.4) is 0 Å². The van der Waals surface area contributed by atoms with Crippen LogP contribution in [0.4, 0.5) is 0 Å². The first-order chi connectivity index (χ1) is 5.41. The van der Waals surface area contributed by atoms with Gasteiger partial charge in [0, 0.05) is 6.08 Å². The minimum Gasteiger partial charge on any atom is -0.193 e. The summed E-state index contributed by atoms with van der Waals surface area (Å²) < 4.78 is 0. The second-order valence-corrected chi connectivity index (χ2v) is 2.41. The van der Waals surface area contributed by atoms with E-state index in [-0.39, 0.29) is 0 Å². The van der Waals surface area contributed by atoms with Gasteiger partial charge in [0.1, 0.15) is 0 Å². The SMILES string of the molecule is CCCCC/C=C\C=C\C#N. The normalized spacial score (nSPS) is 10.9. The van der Waals surface area contributed by atoms with E-state index in [1.54, 1.807) is 6.08 Å². The Morgan fingerprint density at radius 2 is 2.09 bits per heavy atom. The monoisotopic (exact) mass is 149 g/mol. The molecule has 0 aliphatic carbocycles. The highest BCUT2D eigenvalue weighted by Crippen LogP contribution is 1.99. The molecule has 0 aliphatic rings. The van der Waals surface area contributed by atoms with E-state index in [2.05, 4.69) is 13.0 Å². The standard InChI is InChI=1S/C10H15N/c1-2-3-4-5-6-7-8-9-10-11/h6-9H,2-5H2,1H3/b7-6-,9-8+. The molecule has 0 heterocycles. The van der Waals surface area contributed by atoms with E-state index < -0.39 is 0 Å². The molecular weight excluding hydrogens is 134 g/mol. The van der Waals surface area contributed by atoms with Crippen molar-refractivity contribution < 1.29 is 0 Å². The van der Waals surface area contributed by atoms with E-state index in [0.717, 1.165) is 6.42 Å². The van der Waals surface area contributed by atoms with Crippen molar-refractivity contribution in [3.63, 3.8) is 0 Å². The molecule has 0 fully saturated rings. The first-order valence-corrected chi connectivity index (χ1v) is 4.13. The van der Waals surface area contributed by atoms with E-state index >= 15 is 0 Å². The van der Waals surface area contributed by atoms with Gasteiger partial charge < -0.3 is 0 Å². The lowest BCUT2D eigenvalue weighted by molar-refractivity contribution is 0.729. The Kier molecular flexibility index (Phi) is 8.13. The number of unbranched alkanes of at least 4 members (excludes halogenated alkanes) is 3. The average molecular weight is 149 g/mol. The lowest BCUT2D eigenvalue weighted by atomic mass is 10.2. The highest BCUT2D eigenvalue weighted by molar-refractivity contribution is 5.11. The highest BCUT2D eigenvalue weighted by atomic mass is 14.2. The van der Waals surface area contributed by atoms with Crippen LogP contribution < -0.4 is 0 Å². The summed E-state index contributed by atoms with van der Waals surface area (Å²) in [7, 11) is 0. The zero-order chi connectivity index (χ0) is 8.36. The van der Waals surface area contributed by atoms with E-state index in [1.165, 1.54) is 25.3 Å². The third-order valence-electron chi connectivity index (χ3n) is 1.39. The van der Waals surface area contributed by atoms with E-state index in [9.17, 15) is 0 Å². The molecule has 0 radical (unpaired) electrons. The molecular formula is C10H15N. The van der Waals surface area contributed by atoms with Gasteiger partial charge in [0.25, 0.3) is 0 Å². The first kappa shape index (κ1) is 9.97. The topological polar surface area (TPSA) is 23.8 Å². The van der Waals surface area contributed by atoms with Crippen LogP contribution in [-0.4, -0.2) is 0 Å². The molecule has 60 valence electrons. The number of rotatable bonds is 5. The summed E-state index contributed by atoms with van der Waals surface area (Å²) in [4.78, 5) is 0. The van der Waals surface area contributed by atoms with E-state index in [0.29, 0.717) is 0 Å². The molecule has 0 bridgehead atoms.